The number of amides is 3. The summed E-state index contributed by atoms with van der Waals surface area (Å²) >= 11 is 0. The Morgan fingerprint density at radius 3 is 2.90 bits per heavy atom. The lowest BCUT2D eigenvalue weighted by Gasteiger charge is -2.32. The zero-order chi connectivity index (χ0) is 20.7. The zero-order valence-electron chi connectivity index (χ0n) is 16.5. The van der Waals surface area contributed by atoms with Crippen molar-refractivity contribution in [1.29, 1.82) is 0 Å². The van der Waals surface area contributed by atoms with Crippen molar-refractivity contribution in [3.05, 3.63) is 83.7 Å². The summed E-state index contributed by atoms with van der Waals surface area (Å²) < 4.78 is 0. The summed E-state index contributed by atoms with van der Waals surface area (Å²) in [6, 6.07) is 14.0. The molecule has 1 aliphatic carbocycles. The first-order chi connectivity index (χ1) is 14.5. The van der Waals surface area contributed by atoms with Gasteiger partial charge in [0.15, 0.2) is 0 Å². The van der Waals surface area contributed by atoms with E-state index in [-0.39, 0.29) is 5.91 Å². The van der Waals surface area contributed by atoms with Crippen molar-refractivity contribution in [2.75, 3.05) is 0 Å². The largest absolute Gasteiger partial charge is 0.381 e. The Morgan fingerprint density at radius 1 is 1.17 bits per heavy atom. The molecule has 1 unspecified atom stereocenters. The summed E-state index contributed by atoms with van der Waals surface area (Å²) in [6.45, 7) is 4.89. The summed E-state index contributed by atoms with van der Waals surface area (Å²) in [5.41, 5.74) is 4.58. The number of carbonyl (C=O) groups is 2. The zero-order valence-corrected chi connectivity index (χ0v) is 16.5. The molecule has 2 aliphatic rings. The number of hydrogen-bond donors (Lipinski definition) is 3. The number of imide groups is 1. The topological polar surface area (TPSA) is 83.1 Å². The first-order valence-electron chi connectivity index (χ1n) is 10.0. The minimum atomic E-state index is -0.802. The van der Waals surface area contributed by atoms with Crippen LogP contribution in [0.4, 0.5) is 4.79 Å². The number of nitrogens with zero attached hydrogens (tertiary/aromatic N) is 1. The molecule has 1 aliphatic heterocycles. The summed E-state index contributed by atoms with van der Waals surface area (Å²) in [4.78, 5) is 28.0. The second kappa shape index (κ2) is 6.99. The fraction of sp³-hybridized carbons (Fsp3) is 0.208. The van der Waals surface area contributed by atoms with Gasteiger partial charge in [-0.1, -0.05) is 36.9 Å². The van der Waals surface area contributed by atoms with Crippen molar-refractivity contribution >= 4 is 28.4 Å². The van der Waals surface area contributed by atoms with Gasteiger partial charge < -0.3 is 10.6 Å². The molecule has 5 rings (SSSR count). The predicted molar refractivity (Wildman–Crippen MR) is 115 cm³/mol. The van der Waals surface area contributed by atoms with Crippen molar-refractivity contribution in [2.45, 2.75) is 31.3 Å². The molecule has 1 fully saturated rings. The number of benzene rings is 2. The Hall–Kier alpha value is -3.67. The molecule has 0 bridgehead atoms. The highest BCUT2D eigenvalue weighted by atomic mass is 16.2. The fourth-order valence-electron chi connectivity index (χ4n) is 4.46. The van der Waals surface area contributed by atoms with Crippen LogP contribution < -0.4 is 16.0 Å². The van der Waals surface area contributed by atoms with E-state index in [0.29, 0.717) is 19.4 Å². The van der Waals surface area contributed by atoms with Crippen LogP contribution in [0.15, 0.2) is 61.4 Å². The number of urea groups is 1. The van der Waals surface area contributed by atoms with Crippen LogP contribution in [0.1, 0.15) is 28.7 Å². The lowest BCUT2D eigenvalue weighted by Crippen LogP contribution is -2.51. The van der Waals surface area contributed by atoms with Gasteiger partial charge in [-0.25, -0.2) is 4.79 Å². The molecule has 0 radical (unpaired) electrons. The minimum Gasteiger partial charge on any atom is -0.381 e. The maximum Gasteiger partial charge on any atom is 0.322 e. The van der Waals surface area contributed by atoms with Crippen LogP contribution in [-0.2, 0) is 24.2 Å². The predicted octanol–water partition coefficient (Wildman–Crippen LogP) is 3.06. The van der Waals surface area contributed by atoms with E-state index in [0.717, 1.165) is 28.6 Å². The fourth-order valence-corrected chi connectivity index (χ4v) is 4.46. The maximum absolute atomic E-state index is 12.2. The Kier molecular flexibility index (Phi) is 4.28. The maximum atomic E-state index is 12.2. The second-order valence-electron chi connectivity index (χ2n) is 8.00. The number of nitrogens with one attached hydrogen (secondary N) is 3. The van der Waals surface area contributed by atoms with Crippen LogP contribution in [0.3, 0.4) is 0 Å². The van der Waals surface area contributed by atoms with Crippen LogP contribution in [0.5, 0.6) is 0 Å². The summed E-state index contributed by atoms with van der Waals surface area (Å²) in [5.74, 6) is -0.224. The second-order valence-corrected chi connectivity index (χ2v) is 8.00. The van der Waals surface area contributed by atoms with Gasteiger partial charge in [0.25, 0.3) is 5.91 Å². The summed E-state index contributed by atoms with van der Waals surface area (Å²) in [6.07, 6.45) is 5.54. The summed E-state index contributed by atoms with van der Waals surface area (Å²) in [5, 5.41) is 10.9. The van der Waals surface area contributed by atoms with Crippen molar-refractivity contribution in [2.24, 2.45) is 0 Å². The highest BCUT2D eigenvalue weighted by Gasteiger charge is 2.47. The van der Waals surface area contributed by atoms with Gasteiger partial charge in [-0.15, -0.1) is 0 Å². The minimum absolute atomic E-state index is 0.224. The van der Waals surface area contributed by atoms with E-state index in [4.69, 9.17) is 0 Å². The monoisotopic (exact) mass is 398 g/mol. The van der Waals surface area contributed by atoms with Crippen LogP contribution in [0.2, 0.25) is 0 Å². The molecule has 3 amide bonds. The molecule has 1 atom stereocenters. The van der Waals surface area contributed by atoms with Gasteiger partial charge in [0.05, 0.1) is 0 Å². The molecule has 3 aromatic rings. The molecule has 1 spiro atoms. The lowest BCUT2D eigenvalue weighted by atomic mass is 9.77. The summed E-state index contributed by atoms with van der Waals surface area (Å²) in [7, 11) is 0. The van der Waals surface area contributed by atoms with Gasteiger partial charge in [0, 0.05) is 36.4 Å². The molecular formula is C24H22N4O2. The van der Waals surface area contributed by atoms with E-state index in [1.807, 2.05) is 36.7 Å². The van der Waals surface area contributed by atoms with Gasteiger partial charge >= 0.3 is 6.03 Å². The van der Waals surface area contributed by atoms with Gasteiger partial charge in [-0.3, -0.25) is 15.1 Å². The Morgan fingerprint density at radius 2 is 2.07 bits per heavy atom. The van der Waals surface area contributed by atoms with E-state index in [2.05, 4.69) is 45.7 Å². The highest BCUT2D eigenvalue weighted by Crippen LogP contribution is 2.32. The van der Waals surface area contributed by atoms with E-state index in [9.17, 15) is 9.59 Å². The van der Waals surface area contributed by atoms with Crippen molar-refractivity contribution in [1.82, 2.24) is 20.9 Å². The number of pyridine rings is 1. The molecule has 3 N–H and O–H groups in total. The lowest BCUT2D eigenvalue weighted by molar-refractivity contribution is -0.124. The first-order valence-corrected chi connectivity index (χ1v) is 10.0. The molecule has 1 saturated heterocycles. The number of aryl methyl sites for hydroxylation is 1. The van der Waals surface area contributed by atoms with Gasteiger partial charge in [-0.2, -0.15) is 0 Å². The average molecular weight is 398 g/mol. The molecule has 30 heavy (non-hydrogen) atoms. The van der Waals surface area contributed by atoms with E-state index in [1.54, 1.807) is 0 Å². The third-order valence-electron chi connectivity index (χ3n) is 6.15. The normalized spacial score (nSPS) is 20.0. The average Bonchev–Trinajstić information content (AvgIpc) is 3.03. The van der Waals surface area contributed by atoms with Crippen molar-refractivity contribution in [3.8, 4) is 0 Å². The number of fused-ring (bicyclic) bond motifs is 2. The highest BCUT2D eigenvalue weighted by molar-refractivity contribution is 6.07. The molecule has 6 nitrogen and oxygen atoms in total. The van der Waals surface area contributed by atoms with E-state index >= 15 is 0 Å². The molecule has 1 aromatic heterocycles. The molecular weight excluding hydrogens is 376 g/mol. The number of carbonyl (C=O) groups excluding carboxylic acids is 2. The molecule has 6 heteroatoms. The third-order valence-corrected chi connectivity index (χ3v) is 6.15. The third kappa shape index (κ3) is 3.10. The van der Waals surface area contributed by atoms with Crippen LogP contribution in [0.25, 0.3) is 16.5 Å². The van der Waals surface area contributed by atoms with Crippen LogP contribution in [0, 0.1) is 0 Å². The smallest absolute Gasteiger partial charge is 0.322 e. The molecule has 0 saturated carbocycles. The first kappa shape index (κ1) is 18.4. The van der Waals surface area contributed by atoms with Crippen LogP contribution in [-0.4, -0.2) is 22.5 Å². The molecule has 2 aromatic carbocycles. The number of aromatic nitrogens is 1. The van der Waals surface area contributed by atoms with Gasteiger partial charge in [0.1, 0.15) is 5.54 Å². The standard InChI is InChI=1S/C24H22N4O2/c1-15(26-14-20-4-2-3-19-13-25-10-8-21(19)20)16-5-6-18-12-24(9-7-17(18)11-16)22(29)27-23(30)28-24/h2-6,8,10-11,13,26H,1,7,9,12,14H2,(H2,27,28,29,30). The Bertz CT molecular complexity index is 1200. The molecule has 2 heterocycles. The van der Waals surface area contributed by atoms with E-state index in [1.165, 1.54) is 16.5 Å². The number of hydrogen-bond acceptors (Lipinski definition) is 4. The van der Waals surface area contributed by atoms with Crippen LogP contribution >= 0.6 is 0 Å². The van der Waals surface area contributed by atoms with Crippen molar-refractivity contribution in [3.63, 3.8) is 0 Å². The van der Waals surface area contributed by atoms with Gasteiger partial charge in [-0.05, 0) is 52.6 Å². The molecule has 150 valence electrons. The van der Waals surface area contributed by atoms with E-state index < -0.39 is 11.6 Å². The SMILES string of the molecule is C=C(NCc1cccc2cnccc12)c1ccc2c(c1)CCC1(C2)NC(=O)NC1=O. The van der Waals surface area contributed by atoms with Gasteiger partial charge in [0.2, 0.25) is 0 Å². The quantitative estimate of drug-likeness (QED) is 0.590. The Balaban J connectivity index is 1.32. The van der Waals surface area contributed by atoms with Crippen molar-refractivity contribution < 1.29 is 9.59 Å². The number of rotatable bonds is 4. The Labute approximate surface area is 174 Å².